The van der Waals surface area contributed by atoms with Crippen molar-refractivity contribution in [2.45, 2.75) is 65.9 Å². The normalized spacial score (nSPS) is 15.5. The predicted molar refractivity (Wildman–Crippen MR) is 90.1 cm³/mol. The number of nitro benzene ring substituents is 1. The van der Waals surface area contributed by atoms with Crippen LogP contribution < -0.4 is 0 Å². The van der Waals surface area contributed by atoms with Gasteiger partial charge in [0.25, 0.3) is 5.69 Å². The maximum Gasteiger partial charge on any atom is 0.273 e. The van der Waals surface area contributed by atoms with Gasteiger partial charge in [0.15, 0.2) is 0 Å². The van der Waals surface area contributed by atoms with E-state index in [1.54, 1.807) is 6.07 Å². The molecule has 0 aliphatic carbocycles. The summed E-state index contributed by atoms with van der Waals surface area (Å²) >= 11 is 0. The maximum absolute atomic E-state index is 11.5. The van der Waals surface area contributed by atoms with Crippen molar-refractivity contribution in [1.29, 1.82) is 0 Å². The molecule has 1 aromatic carbocycles. The van der Waals surface area contributed by atoms with Gasteiger partial charge in [-0.2, -0.15) is 0 Å². The highest BCUT2D eigenvalue weighted by Crippen LogP contribution is 2.40. The Kier molecular flexibility index (Phi) is 5.25. The summed E-state index contributed by atoms with van der Waals surface area (Å²) in [5, 5.41) is 11.5. The number of nitrogens with zero attached hydrogens (tertiary/aromatic N) is 1. The van der Waals surface area contributed by atoms with Crippen LogP contribution in [0.25, 0.3) is 0 Å². The van der Waals surface area contributed by atoms with E-state index in [1.165, 1.54) is 0 Å². The third-order valence-corrected chi connectivity index (χ3v) is 4.16. The van der Waals surface area contributed by atoms with Crippen LogP contribution in [-0.4, -0.2) is 15.4 Å². The summed E-state index contributed by atoms with van der Waals surface area (Å²) in [5.74, 6) is 0. The molecular weight excluding hydrogens is 294 g/mol. The minimum Gasteiger partial charge on any atom is -0.409 e. The molecule has 0 aliphatic heterocycles. The van der Waals surface area contributed by atoms with E-state index < -0.39 is 5.60 Å². The van der Waals surface area contributed by atoms with E-state index in [1.807, 2.05) is 39.8 Å². The average Bonchev–Trinajstić information content (AvgIpc) is 2.34. The first kappa shape index (κ1) is 18.8. The number of hydrogen-bond acceptors (Lipinski definition) is 3. The van der Waals surface area contributed by atoms with Gasteiger partial charge in [-0.05, 0) is 29.7 Å². The van der Waals surface area contributed by atoms with Crippen LogP contribution in [0.15, 0.2) is 18.2 Å². The predicted octanol–water partition coefficient (Wildman–Crippen LogP) is 4.64. The van der Waals surface area contributed by atoms with Crippen molar-refractivity contribution in [2.24, 2.45) is 5.41 Å². The summed E-state index contributed by atoms with van der Waals surface area (Å²) in [6, 6.07) is 5.42. The highest BCUT2D eigenvalue weighted by molar-refractivity contribution is 5.98. The lowest BCUT2D eigenvalue weighted by Gasteiger charge is -2.35. The summed E-state index contributed by atoms with van der Waals surface area (Å²) in [5.41, 5.74) is 0.796. The standard InChI is InChI=1S/C17H26NO3Si/c1-15(2,3)11-17(7,21-22)12-8-9-13(16(4,5)6)14(10-12)18(19)20/h8-10H,11H2,1-7H3. The van der Waals surface area contributed by atoms with Crippen molar-refractivity contribution in [1.82, 2.24) is 0 Å². The molecule has 121 valence electrons. The van der Waals surface area contributed by atoms with Crippen LogP contribution in [-0.2, 0) is 15.4 Å². The van der Waals surface area contributed by atoms with Crippen LogP contribution in [0.5, 0.6) is 0 Å². The molecule has 0 fully saturated rings. The first-order valence-electron chi connectivity index (χ1n) is 7.44. The molecule has 0 saturated carbocycles. The van der Waals surface area contributed by atoms with E-state index in [0.717, 1.165) is 17.5 Å². The second-order valence-corrected chi connectivity index (χ2v) is 8.51. The molecular formula is C17H26NO3Si. The van der Waals surface area contributed by atoms with Gasteiger partial charge in [0.2, 0.25) is 10.5 Å². The number of benzene rings is 1. The van der Waals surface area contributed by atoms with Gasteiger partial charge in [-0.15, -0.1) is 0 Å². The van der Waals surface area contributed by atoms with Gasteiger partial charge < -0.3 is 4.43 Å². The van der Waals surface area contributed by atoms with Crippen molar-refractivity contribution in [2.75, 3.05) is 0 Å². The van der Waals surface area contributed by atoms with E-state index in [-0.39, 0.29) is 21.4 Å². The molecule has 4 nitrogen and oxygen atoms in total. The zero-order chi connectivity index (χ0) is 17.3. The van der Waals surface area contributed by atoms with E-state index >= 15 is 0 Å². The fourth-order valence-corrected chi connectivity index (χ4v) is 3.04. The van der Waals surface area contributed by atoms with Crippen LogP contribution in [0.2, 0.25) is 0 Å². The van der Waals surface area contributed by atoms with Crippen molar-refractivity contribution in [3.05, 3.63) is 39.4 Å². The minimum atomic E-state index is -0.629. The molecule has 1 unspecified atom stereocenters. The zero-order valence-electron chi connectivity index (χ0n) is 14.6. The Hall–Kier alpha value is -1.20. The Morgan fingerprint density at radius 1 is 1.14 bits per heavy atom. The number of nitro groups is 1. The smallest absolute Gasteiger partial charge is 0.273 e. The average molecular weight is 320 g/mol. The number of hydrogen-bond donors (Lipinski definition) is 0. The number of rotatable bonds is 4. The van der Waals surface area contributed by atoms with Gasteiger partial charge in [0.05, 0.1) is 10.5 Å². The molecule has 0 heterocycles. The lowest BCUT2D eigenvalue weighted by Crippen LogP contribution is -2.31. The molecule has 5 heteroatoms. The SMILES string of the molecule is CC(C)(C)CC(C)(O[Si])c1ccc(C(C)(C)C)c([N+](=O)[O-])c1. The Bertz CT molecular complexity index is 558. The third kappa shape index (κ3) is 4.40. The van der Waals surface area contributed by atoms with Crippen LogP contribution >= 0.6 is 0 Å². The lowest BCUT2D eigenvalue weighted by molar-refractivity contribution is -0.386. The molecule has 0 aromatic heterocycles. The fraction of sp³-hybridized carbons (Fsp3) is 0.647. The van der Waals surface area contributed by atoms with Gasteiger partial charge >= 0.3 is 0 Å². The molecule has 0 bridgehead atoms. The Labute approximate surface area is 137 Å². The Balaban J connectivity index is 3.43. The summed E-state index contributed by atoms with van der Waals surface area (Å²) in [6.07, 6.45) is 0.732. The molecule has 22 heavy (non-hydrogen) atoms. The quantitative estimate of drug-likeness (QED) is 0.461. The first-order valence-corrected chi connectivity index (χ1v) is 7.85. The highest BCUT2D eigenvalue weighted by Gasteiger charge is 2.34. The molecule has 0 saturated heterocycles. The van der Waals surface area contributed by atoms with Crippen LogP contribution in [0.3, 0.4) is 0 Å². The summed E-state index contributed by atoms with van der Waals surface area (Å²) < 4.78 is 5.54. The first-order chi connectivity index (χ1) is 9.80. The summed E-state index contributed by atoms with van der Waals surface area (Å²) in [4.78, 5) is 11.2. The van der Waals surface area contributed by atoms with Gasteiger partial charge in [-0.25, -0.2) is 0 Å². The summed E-state index contributed by atoms with van der Waals surface area (Å²) in [7, 11) is 3.16. The van der Waals surface area contributed by atoms with Gasteiger partial charge in [-0.1, -0.05) is 53.7 Å². The molecule has 1 rings (SSSR count). The minimum absolute atomic E-state index is 0.0267. The van der Waals surface area contributed by atoms with Gasteiger partial charge in [0, 0.05) is 11.6 Å². The largest absolute Gasteiger partial charge is 0.409 e. The zero-order valence-corrected chi connectivity index (χ0v) is 15.6. The lowest BCUT2D eigenvalue weighted by atomic mass is 9.77. The Morgan fingerprint density at radius 3 is 2.05 bits per heavy atom. The molecule has 1 aromatic rings. The monoisotopic (exact) mass is 320 g/mol. The molecule has 0 N–H and O–H groups in total. The van der Waals surface area contributed by atoms with Crippen molar-refractivity contribution in [3.63, 3.8) is 0 Å². The topological polar surface area (TPSA) is 52.4 Å². The van der Waals surface area contributed by atoms with E-state index in [0.29, 0.717) is 0 Å². The second-order valence-electron chi connectivity index (χ2n) is 8.31. The molecule has 1 atom stereocenters. The van der Waals surface area contributed by atoms with E-state index in [4.69, 9.17) is 4.43 Å². The van der Waals surface area contributed by atoms with Gasteiger partial charge in [-0.3, -0.25) is 10.1 Å². The Morgan fingerprint density at radius 2 is 1.68 bits per heavy atom. The fourth-order valence-electron chi connectivity index (χ4n) is 2.85. The molecule has 0 aliphatic rings. The van der Waals surface area contributed by atoms with Crippen molar-refractivity contribution in [3.8, 4) is 0 Å². The highest BCUT2D eigenvalue weighted by atomic mass is 28.2. The molecule has 0 amide bonds. The van der Waals surface area contributed by atoms with E-state index in [2.05, 4.69) is 31.3 Å². The third-order valence-electron chi connectivity index (χ3n) is 3.71. The molecule has 0 spiro atoms. The maximum atomic E-state index is 11.5. The summed E-state index contributed by atoms with van der Waals surface area (Å²) in [6.45, 7) is 14.2. The van der Waals surface area contributed by atoms with Crippen LogP contribution in [0.1, 0.15) is 66.0 Å². The van der Waals surface area contributed by atoms with E-state index in [9.17, 15) is 10.1 Å². The van der Waals surface area contributed by atoms with Crippen LogP contribution in [0.4, 0.5) is 5.69 Å². The van der Waals surface area contributed by atoms with Crippen molar-refractivity contribution >= 4 is 16.2 Å². The van der Waals surface area contributed by atoms with Crippen LogP contribution in [0, 0.1) is 15.5 Å². The molecule has 3 radical (unpaired) electrons. The van der Waals surface area contributed by atoms with Crippen molar-refractivity contribution < 1.29 is 9.35 Å². The van der Waals surface area contributed by atoms with Gasteiger partial charge in [0.1, 0.15) is 0 Å². The second kappa shape index (κ2) is 6.12.